The SMILES string of the molecule is CCOC(=O)c1cc(OCC(=O)Nc2ccc3c(c2)OCO3)cc(C(=O)OCC)c1. The molecule has 1 heterocycles. The number of ether oxygens (including phenoxy) is 5. The first kappa shape index (κ1) is 21.0. The molecule has 0 unspecified atom stereocenters. The van der Waals surface area contributed by atoms with Gasteiger partial charge in [0, 0.05) is 11.8 Å². The van der Waals surface area contributed by atoms with E-state index in [2.05, 4.69) is 5.32 Å². The number of rotatable bonds is 8. The first-order valence-electron chi connectivity index (χ1n) is 9.31. The van der Waals surface area contributed by atoms with Crippen LogP contribution in [-0.2, 0) is 14.3 Å². The molecule has 0 saturated carbocycles. The molecule has 3 rings (SSSR count). The number of hydrogen-bond acceptors (Lipinski definition) is 8. The van der Waals surface area contributed by atoms with Gasteiger partial charge in [0.25, 0.3) is 5.91 Å². The molecule has 1 amide bonds. The molecular formula is C21H21NO8. The minimum Gasteiger partial charge on any atom is -0.484 e. The summed E-state index contributed by atoms with van der Waals surface area (Å²) in [6.07, 6.45) is 0. The van der Waals surface area contributed by atoms with Crippen molar-refractivity contribution in [3.63, 3.8) is 0 Å². The van der Waals surface area contributed by atoms with Crippen molar-refractivity contribution >= 4 is 23.5 Å². The van der Waals surface area contributed by atoms with E-state index in [9.17, 15) is 14.4 Å². The van der Waals surface area contributed by atoms with Crippen molar-refractivity contribution in [3.8, 4) is 17.2 Å². The van der Waals surface area contributed by atoms with Crippen molar-refractivity contribution in [1.82, 2.24) is 0 Å². The molecule has 158 valence electrons. The number of carbonyl (C=O) groups is 3. The highest BCUT2D eigenvalue weighted by molar-refractivity contribution is 5.96. The number of amides is 1. The maximum atomic E-state index is 12.2. The van der Waals surface area contributed by atoms with Crippen LogP contribution in [0.2, 0.25) is 0 Å². The van der Waals surface area contributed by atoms with Crippen LogP contribution in [-0.4, -0.2) is 44.5 Å². The summed E-state index contributed by atoms with van der Waals surface area (Å²) in [5, 5.41) is 2.67. The van der Waals surface area contributed by atoms with Crippen molar-refractivity contribution in [1.29, 1.82) is 0 Å². The lowest BCUT2D eigenvalue weighted by molar-refractivity contribution is -0.118. The topological polar surface area (TPSA) is 109 Å². The molecule has 0 radical (unpaired) electrons. The van der Waals surface area contributed by atoms with Crippen molar-refractivity contribution < 1.29 is 38.1 Å². The molecule has 0 saturated heterocycles. The van der Waals surface area contributed by atoms with E-state index < -0.39 is 17.8 Å². The largest absolute Gasteiger partial charge is 0.484 e. The molecule has 0 aliphatic carbocycles. The van der Waals surface area contributed by atoms with Gasteiger partial charge in [0.1, 0.15) is 5.75 Å². The fraction of sp³-hybridized carbons (Fsp3) is 0.286. The Hall–Kier alpha value is -3.75. The van der Waals surface area contributed by atoms with Gasteiger partial charge in [0.2, 0.25) is 6.79 Å². The normalized spacial score (nSPS) is 11.5. The summed E-state index contributed by atoms with van der Waals surface area (Å²) in [5.74, 6) is -0.365. The zero-order valence-electron chi connectivity index (χ0n) is 16.6. The summed E-state index contributed by atoms with van der Waals surface area (Å²) in [7, 11) is 0. The summed E-state index contributed by atoms with van der Waals surface area (Å²) in [6, 6.07) is 9.15. The minimum absolute atomic E-state index is 0.119. The van der Waals surface area contributed by atoms with Crippen molar-refractivity contribution in [3.05, 3.63) is 47.5 Å². The van der Waals surface area contributed by atoms with Gasteiger partial charge in [0.15, 0.2) is 18.1 Å². The van der Waals surface area contributed by atoms with Crippen LogP contribution in [0.3, 0.4) is 0 Å². The van der Waals surface area contributed by atoms with Gasteiger partial charge >= 0.3 is 11.9 Å². The Morgan fingerprint density at radius 3 is 2.17 bits per heavy atom. The summed E-state index contributed by atoms with van der Waals surface area (Å²) in [5.41, 5.74) is 0.752. The smallest absolute Gasteiger partial charge is 0.338 e. The fourth-order valence-electron chi connectivity index (χ4n) is 2.67. The van der Waals surface area contributed by atoms with Gasteiger partial charge in [-0.3, -0.25) is 4.79 Å². The van der Waals surface area contributed by atoms with E-state index in [1.165, 1.54) is 18.2 Å². The highest BCUT2D eigenvalue weighted by atomic mass is 16.7. The lowest BCUT2D eigenvalue weighted by Crippen LogP contribution is -2.20. The number of hydrogen-bond donors (Lipinski definition) is 1. The zero-order chi connectivity index (χ0) is 21.5. The summed E-state index contributed by atoms with van der Waals surface area (Å²) < 4.78 is 25.9. The molecule has 0 aromatic heterocycles. The predicted octanol–water partition coefficient (Wildman–Crippen LogP) is 2.79. The van der Waals surface area contributed by atoms with Gasteiger partial charge in [-0.1, -0.05) is 0 Å². The van der Waals surface area contributed by atoms with E-state index in [0.717, 1.165) is 0 Å². The fourth-order valence-corrected chi connectivity index (χ4v) is 2.67. The number of nitrogens with one attached hydrogen (secondary N) is 1. The summed E-state index contributed by atoms with van der Waals surface area (Å²) in [6.45, 7) is 3.49. The number of fused-ring (bicyclic) bond motifs is 1. The average molecular weight is 415 g/mol. The molecule has 2 aromatic rings. The van der Waals surface area contributed by atoms with Gasteiger partial charge < -0.3 is 29.0 Å². The second-order valence-corrected chi connectivity index (χ2v) is 6.09. The minimum atomic E-state index is -0.613. The maximum absolute atomic E-state index is 12.2. The maximum Gasteiger partial charge on any atom is 0.338 e. The number of carbonyl (C=O) groups excluding carboxylic acids is 3. The van der Waals surface area contributed by atoms with Gasteiger partial charge in [0.05, 0.1) is 24.3 Å². The van der Waals surface area contributed by atoms with E-state index in [-0.39, 0.29) is 43.5 Å². The van der Waals surface area contributed by atoms with Crippen LogP contribution in [0.15, 0.2) is 36.4 Å². The highest BCUT2D eigenvalue weighted by Crippen LogP contribution is 2.34. The van der Waals surface area contributed by atoms with Crippen molar-refractivity contribution in [2.75, 3.05) is 31.9 Å². The molecule has 0 spiro atoms. The Labute approximate surface area is 172 Å². The van der Waals surface area contributed by atoms with E-state index in [1.807, 2.05) is 0 Å². The van der Waals surface area contributed by atoms with E-state index >= 15 is 0 Å². The lowest BCUT2D eigenvalue weighted by atomic mass is 10.1. The van der Waals surface area contributed by atoms with E-state index in [1.54, 1.807) is 32.0 Å². The zero-order valence-corrected chi connectivity index (χ0v) is 16.6. The van der Waals surface area contributed by atoms with E-state index in [0.29, 0.717) is 17.2 Å². The molecule has 9 nitrogen and oxygen atoms in total. The molecule has 0 bridgehead atoms. The molecule has 30 heavy (non-hydrogen) atoms. The highest BCUT2D eigenvalue weighted by Gasteiger charge is 2.17. The van der Waals surface area contributed by atoms with E-state index in [4.69, 9.17) is 23.7 Å². The van der Waals surface area contributed by atoms with Gasteiger partial charge in [-0.2, -0.15) is 0 Å². The van der Waals surface area contributed by atoms with Crippen LogP contribution in [0.5, 0.6) is 17.2 Å². The third-order valence-electron chi connectivity index (χ3n) is 3.96. The molecule has 2 aromatic carbocycles. The molecule has 1 N–H and O–H groups in total. The quantitative estimate of drug-likeness (QED) is 0.656. The Balaban J connectivity index is 1.68. The number of benzene rings is 2. The molecule has 0 atom stereocenters. The van der Waals surface area contributed by atoms with Gasteiger partial charge in [-0.05, 0) is 44.2 Å². The number of anilines is 1. The second kappa shape index (κ2) is 9.64. The Kier molecular flexibility index (Phi) is 6.74. The van der Waals surface area contributed by atoms with Crippen LogP contribution >= 0.6 is 0 Å². The third kappa shape index (κ3) is 5.19. The number of esters is 2. The van der Waals surface area contributed by atoms with Gasteiger partial charge in [-0.15, -0.1) is 0 Å². The first-order valence-corrected chi connectivity index (χ1v) is 9.31. The van der Waals surface area contributed by atoms with Crippen LogP contribution in [0.4, 0.5) is 5.69 Å². The summed E-state index contributed by atoms with van der Waals surface area (Å²) in [4.78, 5) is 36.4. The van der Waals surface area contributed by atoms with Crippen molar-refractivity contribution in [2.24, 2.45) is 0 Å². The first-order chi connectivity index (χ1) is 14.5. The monoisotopic (exact) mass is 415 g/mol. The molecule has 0 fully saturated rings. The second-order valence-electron chi connectivity index (χ2n) is 6.09. The lowest BCUT2D eigenvalue weighted by Gasteiger charge is -2.11. The Morgan fingerprint density at radius 2 is 1.53 bits per heavy atom. The molecule has 1 aliphatic rings. The molecular weight excluding hydrogens is 394 g/mol. The van der Waals surface area contributed by atoms with Crippen LogP contribution in [0.25, 0.3) is 0 Å². The molecule has 9 heteroatoms. The average Bonchev–Trinajstić information content (AvgIpc) is 3.20. The molecule has 1 aliphatic heterocycles. The van der Waals surface area contributed by atoms with Gasteiger partial charge in [-0.25, -0.2) is 9.59 Å². The van der Waals surface area contributed by atoms with Crippen LogP contribution in [0.1, 0.15) is 34.6 Å². The standard InChI is InChI=1S/C21H21NO8/c1-3-26-20(24)13-7-14(21(25)27-4-2)9-16(8-13)28-11-19(23)22-15-5-6-17-18(10-15)30-12-29-17/h5-10H,3-4,11-12H2,1-2H3,(H,22,23). The van der Waals surface area contributed by atoms with Crippen LogP contribution < -0.4 is 19.5 Å². The summed E-state index contributed by atoms with van der Waals surface area (Å²) >= 11 is 0. The Morgan fingerprint density at radius 1 is 0.900 bits per heavy atom. The van der Waals surface area contributed by atoms with Crippen molar-refractivity contribution in [2.45, 2.75) is 13.8 Å². The third-order valence-corrected chi connectivity index (χ3v) is 3.96. The predicted molar refractivity (Wildman–Crippen MR) is 105 cm³/mol. The Bertz CT molecular complexity index is 920. The van der Waals surface area contributed by atoms with Crippen LogP contribution in [0, 0.1) is 0 Å².